The van der Waals surface area contributed by atoms with E-state index >= 15 is 0 Å². The van der Waals surface area contributed by atoms with Crippen LogP contribution in [-0.4, -0.2) is 23.9 Å². The van der Waals surface area contributed by atoms with Crippen LogP contribution in [0.15, 0.2) is 23.1 Å². The molecule has 0 saturated heterocycles. The first-order chi connectivity index (χ1) is 9.31. The second kappa shape index (κ2) is 7.91. The highest BCUT2D eigenvalue weighted by Crippen LogP contribution is 2.28. The molecule has 3 nitrogen and oxygen atoms in total. The largest absolute Gasteiger partial charge is 0.459 e. The van der Waals surface area contributed by atoms with Gasteiger partial charge in [-0.25, -0.2) is 0 Å². The Morgan fingerprint density at radius 2 is 2.10 bits per heavy atom. The van der Waals surface area contributed by atoms with Gasteiger partial charge in [-0.3, -0.25) is 4.79 Å². The zero-order chi connectivity index (χ0) is 15.2. The number of rotatable bonds is 6. The summed E-state index contributed by atoms with van der Waals surface area (Å²) in [5.74, 6) is 0.0408. The minimum Gasteiger partial charge on any atom is -0.459 e. The first-order valence-electron chi connectivity index (χ1n) is 6.65. The van der Waals surface area contributed by atoms with E-state index in [4.69, 9.17) is 16.3 Å². The van der Waals surface area contributed by atoms with Crippen molar-refractivity contribution in [2.24, 2.45) is 0 Å². The number of carbonyl (C=O) groups excluding carboxylic acids is 1. The zero-order valence-corrected chi connectivity index (χ0v) is 14.0. The molecule has 112 valence electrons. The van der Waals surface area contributed by atoms with E-state index in [1.807, 2.05) is 39.0 Å². The van der Waals surface area contributed by atoms with E-state index in [-0.39, 0.29) is 11.7 Å². The lowest BCUT2D eigenvalue weighted by Crippen LogP contribution is -2.24. The molecule has 0 unspecified atom stereocenters. The van der Waals surface area contributed by atoms with E-state index in [0.717, 1.165) is 23.5 Å². The molecule has 0 atom stereocenters. The summed E-state index contributed by atoms with van der Waals surface area (Å²) in [4.78, 5) is 12.6. The molecule has 0 fully saturated rings. The van der Waals surface area contributed by atoms with Crippen LogP contribution in [0, 0.1) is 0 Å². The van der Waals surface area contributed by atoms with E-state index in [1.165, 1.54) is 11.8 Å². The summed E-state index contributed by atoms with van der Waals surface area (Å²) in [6.07, 6.45) is 0. The van der Waals surface area contributed by atoms with Crippen LogP contribution in [-0.2, 0) is 16.1 Å². The van der Waals surface area contributed by atoms with Crippen molar-refractivity contribution in [3.8, 4) is 0 Å². The van der Waals surface area contributed by atoms with E-state index in [1.54, 1.807) is 0 Å². The maximum Gasteiger partial charge on any atom is 0.316 e. The number of benzene rings is 1. The van der Waals surface area contributed by atoms with Crippen LogP contribution in [0.5, 0.6) is 0 Å². The van der Waals surface area contributed by atoms with Crippen molar-refractivity contribution >= 4 is 29.3 Å². The smallest absolute Gasteiger partial charge is 0.316 e. The SMILES string of the molecule is CCNCc1ccc(SCC(=O)OC(C)(C)C)c(Cl)c1. The molecule has 1 aromatic carbocycles. The molecule has 1 rings (SSSR count). The summed E-state index contributed by atoms with van der Waals surface area (Å²) >= 11 is 7.63. The molecular formula is C15H22ClNO2S. The molecule has 0 radical (unpaired) electrons. The van der Waals surface area contributed by atoms with E-state index in [2.05, 4.69) is 12.2 Å². The van der Waals surface area contributed by atoms with Gasteiger partial charge in [0.05, 0.1) is 10.8 Å². The predicted molar refractivity (Wildman–Crippen MR) is 85.4 cm³/mol. The molecule has 0 amide bonds. The van der Waals surface area contributed by atoms with Crippen LogP contribution < -0.4 is 5.32 Å². The fourth-order valence-corrected chi connectivity index (χ4v) is 2.61. The summed E-state index contributed by atoms with van der Waals surface area (Å²) in [5.41, 5.74) is 0.690. The van der Waals surface area contributed by atoms with E-state index < -0.39 is 5.60 Å². The standard InChI is InChI=1S/C15H22ClNO2S/c1-5-17-9-11-6-7-13(12(16)8-11)20-10-14(18)19-15(2,3)4/h6-8,17H,5,9-10H2,1-4H3. The van der Waals surface area contributed by atoms with Crippen molar-refractivity contribution in [3.63, 3.8) is 0 Å². The Labute approximate surface area is 130 Å². The number of thioether (sulfide) groups is 1. The van der Waals surface area contributed by atoms with Gasteiger partial charge >= 0.3 is 5.97 Å². The van der Waals surface area contributed by atoms with Crippen molar-refractivity contribution in [3.05, 3.63) is 28.8 Å². The Bertz CT molecular complexity index is 458. The maximum atomic E-state index is 11.7. The molecule has 0 spiro atoms. The minimum atomic E-state index is -0.447. The first-order valence-corrected chi connectivity index (χ1v) is 8.02. The number of hydrogen-bond acceptors (Lipinski definition) is 4. The third kappa shape index (κ3) is 6.64. The normalized spacial score (nSPS) is 11.4. The van der Waals surface area contributed by atoms with Gasteiger partial charge in [0.25, 0.3) is 0 Å². The number of carbonyl (C=O) groups is 1. The van der Waals surface area contributed by atoms with Crippen LogP contribution in [0.2, 0.25) is 5.02 Å². The quantitative estimate of drug-likeness (QED) is 0.638. The Kier molecular flexibility index (Phi) is 6.86. The van der Waals surface area contributed by atoms with Crippen molar-refractivity contribution < 1.29 is 9.53 Å². The molecule has 0 aliphatic heterocycles. The zero-order valence-electron chi connectivity index (χ0n) is 12.5. The summed E-state index contributed by atoms with van der Waals surface area (Å²) in [6, 6.07) is 5.90. The Balaban J connectivity index is 2.54. The average Bonchev–Trinajstić information content (AvgIpc) is 2.33. The number of hydrogen-bond donors (Lipinski definition) is 1. The summed E-state index contributed by atoms with van der Waals surface area (Å²) < 4.78 is 5.26. The van der Waals surface area contributed by atoms with Crippen molar-refractivity contribution in [2.75, 3.05) is 12.3 Å². The number of esters is 1. The lowest BCUT2D eigenvalue weighted by molar-refractivity contribution is -0.151. The van der Waals surface area contributed by atoms with E-state index in [0.29, 0.717) is 5.02 Å². The van der Waals surface area contributed by atoms with Crippen LogP contribution >= 0.6 is 23.4 Å². The van der Waals surface area contributed by atoms with Crippen molar-refractivity contribution in [1.82, 2.24) is 5.32 Å². The van der Waals surface area contributed by atoms with Gasteiger partial charge in [0.2, 0.25) is 0 Å². The summed E-state index contributed by atoms with van der Waals surface area (Å²) in [7, 11) is 0. The average molecular weight is 316 g/mol. The number of halogens is 1. The summed E-state index contributed by atoms with van der Waals surface area (Å²) in [5, 5.41) is 3.92. The van der Waals surface area contributed by atoms with Crippen LogP contribution in [0.4, 0.5) is 0 Å². The fraction of sp³-hybridized carbons (Fsp3) is 0.533. The van der Waals surface area contributed by atoms with Crippen molar-refractivity contribution in [1.29, 1.82) is 0 Å². The molecular weight excluding hydrogens is 294 g/mol. The van der Waals surface area contributed by atoms with Crippen molar-refractivity contribution in [2.45, 2.75) is 44.7 Å². The highest BCUT2D eigenvalue weighted by Gasteiger charge is 2.16. The van der Waals surface area contributed by atoms with Crippen LogP contribution in [0.3, 0.4) is 0 Å². The van der Waals surface area contributed by atoms with E-state index in [9.17, 15) is 4.79 Å². The second-order valence-corrected chi connectivity index (χ2v) is 6.84. The van der Waals surface area contributed by atoms with Gasteiger partial charge in [0.1, 0.15) is 5.60 Å². The molecule has 1 N–H and O–H groups in total. The highest BCUT2D eigenvalue weighted by molar-refractivity contribution is 8.00. The molecule has 0 aromatic heterocycles. The van der Waals surface area contributed by atoms with Gasteiger partial charge in [-0.05, 0) is 45.0 Å². The van der Waals surface area contributed by atoms with Crippen LogP contribution in [0.1, 0.15) is 33.3 Å². The van der Waals surface area contributed by atoms with Gasteiger partial charge in [-0.1, -0.05) is 24.6 Å². The second-order valence-electron chi connectivity index (χ2n) is 5.42. The lowest BCUT2D eigenvalue weighted by atomic mass is 10.2. The maximum absolute atomic E-state index is 11.7. The molecule has 20 heavy (non-hydrogen) atoms. The number of nitrogens with one attached hydrogen (secondary N) is 1. The Morgan fingerprint density at radius 1 is 1.40 bits per heavy atom. The first kappa shape index (κ1) is 17.3. The van der Waals surface area contributed by atoms with Gasteiger partial charge in [0, 0.05) is 11.4 Å². The molecule has 0 heterocycles. The van der Waals surface area contributed by atoms with Gasteiger partial charge in [-0.15, -0.1) is 11.8 Å². The lowest BCUT2D eigenvalue weighted by Gasteiger charge is -2.19. The number of ether oxygens (including phenoxy) is 1. The minimum absolute atomic E-state index is 0.227. The molecule has 0 saturated carbocycles. The van der Waals surface area contributed by atoms with Gasteiger partial charge in [-0.2, -0.15) is 0 Å². The van der Waals surface area contributed by atoms with Gasteiger partial charge < -0.3 is 10.1 Å². The molecule has 0 aliphatic carbocycles. The molecule has 0 bridgehead atoms. The Morgan fingerprint density at radius 3 is 2.65 bits per heavy atom. The third-order valence-electron chi connectivity index (χ3n) is 2.34. The highest BCUT2D eigenvalue weighted by atomic mass is 35.5. The predicted octanol–water partition coefficient (Wildman–Crippen LogP) is 3.88. The monoisotopic (exact) mass is 315 g/mol. The molecule has 1 aromatic rings. The third-order valence-corrected chi connectivity index (χ3v) is 3.81. The van der Waals surface area contributed by atoms with Crippen LogP contribution in [0.25, 0.3) is 0 Å². The molecule has 5 heteroatoms. The summed E-state index contributed by atoms with van der Waals surface area (Å²) in [6.45, 7) is 9.36. The van der Waals surface area contributed by atoms with Gasteiger partial charge in [0.15, 0.2) is 0 Å². The fourth-order valence-electron chi connectivity index (χ4n) is 1.55. The molecule has 0 aliphatic rings. The Hall–Kier alpha value is -0.710. The topological polar surface area (TPSA) is 38.3 Å².